The van der Waals surface area contributed by atoms with Crippen molar-refractivity contribution < 1.29 is 4.79 Å². The van der Waals surface area contributed by atoms with E-state index in [-0.39, 0.29) is 21.5 Å². The van der Waals surface area contributed by atoms with Crippen molar-refractivity contribution in [2.75, 3.05) is 0 Å². The summed E-state index contributed by atoms with van der Waals surface area (Å²) in [6.45, 7) is 9.03. The number of carbonyl (C=O) groups excluding carboxylic acids is 1. The van der Waals surface area contributed by atoms with Crippen LogP contribution in [0, 0.1) is 10.8 Å². The van der Waals surface area contributed by atoms with Crippen LogP contribution in [0.2, 0.25) is 0 Å². The minimum absolute atomic E-state index is 0.179. The summed E-state index contributed by atoms with van der Waals surface area (Å²) < 4.78 is -0.179. The molecule has 18 heavy (non-hydrogen) atoms. The second kappa shape index (κ2) is 3.53. The summed E-state index contributed by atoms with van der Waals surface area (Å²) >= 11 is 1.69. The van der Waals surface area contributed by atoms with Crippen molar-refractivity contribution in [2.24, 2.45) is 15.8 Å². The van der Waals surface area contributed by atoms with Crippen molar-refractivity contribution in [3.8, 4) is 0 Å². The van der Waals surface area contributed by atoms with Crippen LogP contribution in [0.5, 0.6) is 0 Å². The fourth-order valence-corrected chi connectivity index (χ4v) is 4.71. The van der Waals surface area contributed by atoms with E-state index in [1.165, 1.54) is 12.8 Å². The first-order chi connectivity index (χ1) is 8.30. The second-order valence-electron chi connectivity index (χ2n) is 7.04. The number of thioether (sulfide) groups is 1. The van der Waals surface area contributed by atoms with Crippen LogP contribution < -0.4 is 5.32 Å². The van der Waals surface area contributed by atoms with Gasteiger partial charge in [-0.25, -0.2) is 0 Å². The molecule has 3 rings (SSSR count). The molecule has 0 aromatic carbocycles. The van der Waals surface area contributed by atoms with E-state index in [0.29, 0.717) is 6.04 Å². The van der Waals surface area contributed by atoms with Crippen molar-refractivity contribution in [3.05, 3.63) is 0 Å². The van der Waals surface area contributed by atoms with Gasteiger partial charge in [0, 0.05) is 0 Å². The molecule has 3 fully saturated rings. The maximum atomic E-state index is 12.1. The lowest BCUT2D eigenvalue weighted by Crippen LogP contribution is -2.33. The van der Waals surface area contributed by atoms with Crippen LogP contribution in [0.4, 0.5) is 0 Å². The van der Waals surface area contributed by atoms with Crippen LogP contribution in [0.15, 0.2) is 4.99 Å². The van der Waals surface area contributed by atoms with Crippen molar-refractivity contribution in [2.45, 2.75) is 64.2 Å². The number of nitrogens with zero attached hydrogens (tertiary/aromatic N) is 1. The van der Waals surface area contributed by atoms with Crippen molar-refractivity contribution >= 4 is 22.8 Å². The van der Waals surface area contributed by atoms with Gasteiger partial charge in [-0.15, -0.1) is 0 Å². The number of carbonyl (C=O) groups is 1. The molecule has 3 aliphatic rings. The standard InChI is InChI=1S/C14H22N2OS/c1-12(2)9(13(12,3)4)15-11-16-10(17)14(18-11)7-5-6-8-14/h9H,5-8H2,1-4H3,(H,15,16,17). The summed E-state index contributed by atoms with van der Waals surface area (Å²) in [7, 11) is 0. The Morgan fingerprint density at radius 2 is 1.72 bits per heavy atom. The quantitative estimate of drug-likeness (QED) is 0.793. The van der Waals surface area contributed by atoms with E-state index in [9.17, 15) is 4.79 Å². The molecule has 1 spiro atoms. The van der Waals surface area contributed by atoms with Crippen LogP contribution in [0.1, 0.15) is 53.4 Å². The van der Waals surface area contributed by atoms with Gasteiger partial charge in [0.25, 0.3) is 0 Å². The summed E-state index contributed by atoms with van der Waals surface area (Å²) in [6, 6.07) is 0.337. The number of hydrogen-bond acceptors (Lipinski definition) is 3. The molecule has 3 nitrogen and oxygen atoms in total. The van der Waals surface area contributed by atoms with Gasteiger partial charge in [-0.2, -0.15) is 0 Å². The Kier molecular flexibility index (Phi) is 2.45. The highest BCUT2D eigenvalue weighted by atomic mass is 32.2. The van der Waals surface area contributed by atoms with E-state index in [1.807, 2.05) is 0 Å². The van der Waals surface area contributed by atoms with E-state index >= 15 is 0 Å². The maximum absolute atomic E-state index is 12.1. The van der Waals surface area contributed by atoms with Gasteiger partial charge < -0.3 is 5.32 Å². The highest BCUT2D eigenvalue weighted by molar-refractivity contribution is 8.16. The molecule has 1 heterocycles. The molecule has 1 saturated heterocycles. The molecule has 100 valence electrons. The minimum Gasteiger partial charge on any atom is -0.304 e. The van der Waals surface area contributed by atoms with Crippen LogP contribution in [-0.2, 0) is 4.79 Å². The molecule has 0 atom stereocenters. The van der Waals surface area contributed by atoms with Crippen LogP contribution in [-0.4, -0.2) is 21.9 Å². The number of nitrogens with one attached hydrogen (secondary N) is 1. The van der Waals surface area contributed by atoms with E-state index in [2.05, 4.69) is 33.0 Å². The number of amidine groups is 1. The van der Waals surface area contributed by atoms with E-state index in [1.54, 1.807) is 11.8 Å². The van der Waals surface area contributed by atoms with Gasteiger partial charge in [0.1, 0.15) is 4.75 Å². The first kappa shape index (κ1) is 12.5. The molecular formula is C14H22N2OS. The molecule has 4 heteroatoms. The Labute approximate surface area is 113 Å². The fraction of sp³-hybridized carbons (Fsp3) is 0.857. The number of hydrogen-bond donors (Lipinski definition) is 1. The minimum atomic E-state index is -0.179. The van der Waals surface area contributed by atoms with Crippen molar-refractivity contribution in [3.63, 3.8) is 0 Å². The number of aliphatic imine (C=N–C) groups is 1. The monoisotopic (exact) mass is 266 g/mol. The molecule has 0 aromatic heterocycles. The van der Waals surface area contributed by atoms with Gasteiger partial charge >= 0.3 is 0 Å². The lowest BCUT2D eigenvalue weighted by Gasteiger charge is -2.15. The topological polar surface area (TPSA) is 41.5 Å². The molecule has 2 saturated carbocycles. The zero-order valence-electron chi connectivity index (χ0n) is 11.7. The molecule has 0 aromatic rings. The molecule has 0 unspecified atom stereocenters. The lowest BCUT2D eigenvalue weighted by molar-refractivity contribution is -0.121. The summed E-state index contributed by atoms with van der Waals surface area (Å²) in [6.07, 6.45) is 4.38. The smallest absolute Gasteiger partial charge is 0.242 e. The normalized spacial score (nSPS) is 34.2. The summed E-state index contributed by atoms with van der Waals surface area (Å²) in [5, 5.41) is 3.87. The summed E-state index contributed by atoms with van der Waals surface area (Å²) in [4.78, 5) is 16.9. The molecule has 2 aliphatic carbocycles. The van der Waals surface area contributed by atoms with Gasteiger partial charge in [0.15, 0.2) is 5.17 Å². The summed E-state index contributed by atoms with van der Waals surface area (Å²) in [5.74, 6) is 0.194. The van der Waals surface area contributed by atoms with Crippen LogP contribution in [0.25, 0.3) is 0 Å². The predicted molar refractivity (Wildman–Crippen MR) is 75.7 cm³/mol. The van der Waals surface area contributed by atoms with Crippen molar-refractivity contribution in [1.29, 1.82) is 0 Å². The Morgan fingerprint density at radius 1 is 1.17 bits per heavy atom. The molecule has 0 radical (unpaired) electrons. The Balaban J connectivity index is 1.79. The number of rotatable bonds is 1. The molecule has 1 aliphatic heterocycles. The summed E-state index contributed by atoms with van der Waals surface area (Å²) in [5.41, 5.74) is 0.493. The van der Waals surface area contributed by atoms with Gasteiger partial charge in [-0.1, -0.05) is 52.3 Å². The van der Waals surface area contributed by atoms with E-state index < -0.39 is 0 Å². The van der Waals surface area contributed by atoms with Crippen molar-refractivity contribution in [1.82, 2.24) is 5.32 Å². The van der Waals surface area contributed by atoms with Gasteiger partial charge in [0.2, 0.25) is 5.91 Å². The second-order valence-corrected chi connectivity index (χ2v) is 8.41. The van der Waals surface area contributed by atoms with E-state index in [0.717, 1.165) is 18.0 Å². The average molecular weight is 266 g/mol. The zero-order chi connectivity index (χ0) is 13.2. The largest absolute Gasteiger partial charge is 0.304 e. The van der Waals surface area contributed by atoms with Gasteiger partial charge in [0.05, 0.1) is 6.04 Å². The third-order valence-electron chi connectivity index (χ3n) is 5.53. The van der Waals surface area contributed by atoms with Crippen LogP contribution in [0.3, 0.4) is 0 Å². The zero-order valence-corrected chi connectivity index (χ0v) is 12.5. The van der Waals surface area contributed by atoms with Crippen LogP contribution >= 0.6 is 11.8 Å². The predicted octanol–water partition coefficient (Wildman–Crippen LogP) is 2.95. The maximum Gasteiger partial charge on any atom is 0.242 e. The molecule has 1 amide bonds. The Bertz CT molecular complexity index is 419. The fourth-order valence-electron chi connectivity index (χ4n) is 3.40. The Morgan fingerprint density at radius 3 is 2.22 bits per heavy atom. The third kappa shape index (κ3) is 1.50. The number of amides is 1. The lowest BCUT2D eigenvalue weighted by atomic mass is 10.0. The molecule has 1 N–H and O–H groups in total. The SMILES string of the molecule is CC1(C)C(N=C2NC(=O)C3(CCCC3)S2)C1(C)C. The average Bonchev–Trinajstić information content (AvgIpc) is 2.74. The van der Waals surface area contributed by atoms with Gasteiger partial charge in [-0.05, 0) is 23.7 Å². The van der Waals surface area contributed by atoms with E-state index in [4.69, 9.17) is 4.99 Å². The highest BCUT2D eigenvalue weighted by Crippen LogP contribution is 2.65. The highest BCUT2D eigenvalue weighted by Gasteiger charge is 2.65. The third-order valence-corrected chi connectivity index (χ3v) is 6.91. The molecule has 0 bridgehead atoms. The molecular weight excluding hydrogens is 244 g/mol. The first-order valence-corrected chi connectivity index (χ1v) is 7.70. The first-order valence-electron chi connectivity index (χ1n) is 6.88. The van der Waals surface area contributed by atoms with Gasteiger partial charge in [-0.3, -0.25) is 9.79 Å². The Hall–Kier alpha value is -0.510.